The number of carbonyl (C=O) groups is 2. The number of epoxide rings is 1. The highest BCUT2D eigenvalue weighted by Gasteiger charge is 2.50. The van der Waals surface area contributed by atoms with E-state index in [1.54, 1.807) is 26.0 Å². The van der Waals surface area contributed by atoms with Gasteiger partial charge in [0.05, 0.1) is 6.61 Å². The molecule has 1 aliphatic heterocycles. The van der Waals surface area contributed by atoms with Crippen LogP contribution in [-0.2, 0) is 24.7 Å². The van der Waals surface area contributed by atoms with Crippen molar-refractivity contribution in [2.45, 2.75) is 33.3 Å². The molecule has 5 heteroatoms. The summed E-state index contributed by atoms with van der Waals surface area (Å²) in [6, 6.07) is 5.54. The molecular weight excluding hydrogens is 284 g/mol. The van der Waals surface area contributed by atoms with Gasteiger partial charge in [-0.2, -0.15) is 0 Å². The molecule has 0 amide bonds. The first-order valence-electron chi connectivity index (χ1n) is 7.11. The van der Waals surface area contributed by atoms with Gasteiger partial charge < -0.3 is 14.2 Å². The summed E-state index contributed by atoms with van der Waals surface area (Å²) in [5, 5.41) is 0. The molecule has 0 unspecified atom stereocenters. The van der Waals surface area contributed by atoms with Gasteiger partial charge in [0.1, 0.15) is 12.4 Å². The zero-order chi connectivity index (χ0) is 16.3. The summed E-state index contributed by atoms with van der Waals surface area (Å²) in [5.74, 6) is -0.334. The number of aryl methyl sites for hydroxylation is 1. The van der Waals surface area contributed by atoms with E-state index in [2.05, 4.69) is 0 Å². The Kier molecular flexibility index (Phi) is 4.66. The quantitative estimate of drug-likeness (QED) is 0.362. The van der Waals surface area contributed by atoms with Gasteiger partial charge in [-0.3, -0.25) is 4.79 Å². The van der Waals surface area contributed by atoms with Crippen LogP contribution in [0.2, 0.25) is 0 Å². The second-order valence-corrected chi connectivity index (χ2v) is 5.42. The van der Waals surface area contributed by atoms with Gasteiger partial charge in [-0.1, -0.05) is 18.2 Å². The Balaban J connectivity index is 2.28. The van der Waals surface area contributed by atoms with Crippen molar-refractivity contribution < 1.29 is 23.8 Å². The molecule has 0 aromatic heterocycles. The lowest BCUT2D eigenvalue weighted by molar-refractivity contribution is -0.143. The first kappa shape index (κ1) is 16.2. The maximum atomic E-state index is 12.0. The molecule has 118 valence electrons. The topological polar surface area (TPSA) is 65.1 Å². The van der Waals surface area contributed by atoms with Crippen LogP contribution >= 0.6 is 0 Å². The van der Waals surface area contributed by atoms with Crippen molar-refractivity contribution in [2.24, 2.45) is 0 Å². The largest absolute Gasteiger partial charge is 0.462 e. The number of esters is 2. The van der Waals surface area contributed by atoms with Crippen molar-refractivity contribution in [2.75, 3.05) is 13.2 Å². The van der Waals surface area contributed by atoms with E-state index in [9.17, 15) is 9.59 Å². The van der Waals surface area contributed by atoms with Crippen molar-refractivity contribution in [1.82, 2.24) is 0 Å². The van der Waals surface area contributed by atoms with E-state index in [1.165, 1.54) is 6.92 Å². The molecule has 0 spiro atoms. The molecule has 2 rings (SSSR count). The number of hydrogen-bond acceptors (Lipinski definition) is 5. The number of rotatable bonds is 5. The third-order valence-electron chi connectivity index (χ3n) is 3.59. The summed E-state index contributed by atoms with van der Waals surface area (Å²) >= 11 is 0. The van der Waals surface area contributed by atoms with E-state index < -0.39 is 11.6 Å². The number of ether oxygens (including phenoxy) is 3. The molecule has 1 atom stereocenters. The van der Waals surface area contributed by atoms with Crippen LogP contribution < -0.4 is 4.74 Å². The molecule has 0 saturated carbocycles. The maximum Gasteiger partial charge on any atom is 0.338 e. The summed E-state index contributed by atoms with van der Waals surface area (Å²) in [4.78, 5) is 23.0. The van der Waals surface area contributed by atoms with Crippen molar-refractivity contribution in [3.63, 3.8) is 0 Å². The molecule has 0 radical (unpaired) electrons. The number of carbonyl (C=O) groups excluding carboxylic acids is 2. The molecule has 1 aromatic rings. The van der Waals surface area contributed by atoms with Crippen LogP contribution in [-0.4, -0.2) is 25.2 Å². The zero-order valence-corrected chi connectivity index (χ0v) is 13.3. The van der Waals surface area contributed by atoms with E-state index in [1.807, 2.05) is 19.1 Å². The van der Waals surface area contributed by atoms with Gasteiger partial charge in [-0.15, -0.1) is 0 Å². The lowest BCUT2D eigenvalue weighted by atomic mass is 9.98. The van der Waals surface area contributed by atoms with Crippen molar-refractivity contribution in [1.29, 1.82) is 0 Å². The molecule has 1 aromatic carbocycles. The second kappa shape index (κ2) is 6.32. The zero-order valence-electron chi connectivity index (χ0n) is 13.3. The average molecular weight is 304 g/mol. The van der Waals surface area contributed by atoms with Crippen LogP contribution in [0.5, 0.6) is 5.75 Å². The number of hydrogen-bond donors (Lipinski definition) is 0. The van der Waals surface area contributed by atoms with Crippen LogP contribution in [0.25, 0.3) is 0 Å². The van der Waals surface area contributed by atoms with Crippen molar-refractivity contribution in [3.8, 4) is 5.75 Å². The molecule has 0 aliphatic carbocycles. The molecule has 1 heterocycles. The predicted octanol–water partition coefficient (Wildman–Crippen LogP) is 2.66. The first-order chi connectivity index (χ1) is 10.4. The monoisotopic (exact) mass is 304 g/mol. The molecule has 1 saturated heterocycles. The summed E-state index contributed by atoms with van der Waals surface area (Å²) in [5.41, 5.74) is 1.50. The molecule has 0 N–H and O–H groups in total. The molecule has 22 heavy (non-hydrogen) atoms. The van der Waals surface area contributed by atoms with E-state index in [-0.39, 0.29) is 12.6 Å². The third kappa shape index (κ3) is 3.54. The summed E-state index contributed by atoms with van der Waals surface area (Å²) in [6.45, 7) is 7.27. The molecular formula is C17H20O5. The number of allylic oxidation sites excluding steroid dienone is 1. The van der Waals surface area contributed by atoms with Crippen LogP contribution in [0.15, 0.2) is 29.8 Å². The minimum Gasteiger partial charge on any atom is -0.462 e. The standard InChI is InChI=1S/C17H20O5/c1-5-12(3)16(19)22-15-8-11(2)6-7-14(15)17(10-21-17)9-20-13(4)18/h5-8H,9-10H2,1-4H3/b12-5-/t17-/m1/s1. The summed E-state index contributed by atoms with van der Waals surface area (Å²) in [6.07, 6.45) is 1.69. The fourth-order valence-electron chi connectivity index (χ4n) is 2.01. The van der Waals surface area contributed by atoms with E-state index in [0.717, 1.165) is 11.1 Å². The van der Waals surface area contributed by atoms with Crippen molar-refractivity contribution in [3.05, 3.63) is 41.0 Å². The predicted molar refractivity (Wildman–Crippen MR) is 80.5 cm³/mol. The Morgan fingerprint density at radius 2 is 2.05 bits per heavy atom. The fourth-order valence-corrected chi connectivity index (χ4v) is 2.01. The Hall–Kier alpha value is -2.14. The van der Waals surface area contributed by atoms with E-state index in [0.29, 0.717) is 17.9 Å². The third-order valence-corrected chi connectivity index (χ3v) is 3.59. The van der Waals surface area contributed by atoms with Gasteiger partial charge in [0.15, 0.2) is 5.60 Å². The first-order valence-corrected chi connectivity index (χ1v) is 7.11. The van der Waals surface area contributed by atoms with Gasteiger partial charge >= 0.3 is 11.9 Å². The molecule has 5 nitrogen and oxygen atoms in total. The van der Waals surface area contributed by atoms with E-state index >= 15 is 0 Å². The smallest absolute Gasteiger partial charge is 0.338 e. The minimum absolute atomic E-state index is 0.110. The van der Waals surface area contributed by atoms with Gasteiger partial charge in [0, 0.05) is 18.1 Å². The average Bonchev–Trinajstić information content (AvgIpc) is 3.25. The maximum absolute atomic E-state index is 12.0. The van der Waals surface area contributed by atoms with Crippen LogP contribution in [0.1, 0.15) is 31.9 Å². The van der Waals surface area contributed by atoms with Crippen molar-refractivity contribution >= 4 is 11.9 Å². The lowest BCUT2D eigenvalue weighted by Crippen LogP contribution is -2.21. The summed E-state index contributed by atoms with van der Waals surface area (Å²) in [7, 11) is 0. The fraction of sp³-hybridized carbons (Fsp3) is 0.412. The van der Waals surface area contributed by atoms with Gasteiger partial charge in [-0.05, 0) is 32.4 Å². The van der Waals surface area contributed by atoms with Crippen LogP contribution in [0.4, 0.5) is 0 Å². The SMILES string of the molecule is C/C=C(/C)C(=O)Oc1cc(C)ccc1[C@@]1(COC(C)=O)CO1. The minimum atomic E-state index is -0.710. The van der Waals surface area contributed by atoms with Crippen LogP contribution in [0, 0.1) is 6.92 Å². The Morgan fingerprint density at radius 3 is 2.59 bits per heavy atom. The highest BCUT2D eigenvalue weighted by Crippen LogP contribution is 2.44. The van der Waals surface area contributed by atoms with E-state index in [4.69, 9.17) is 14.2 Å². The van der Waals surface area contributed by atoms with Gasteiger partial charge in [0.25, 0.3) is 0 Å². The lowest BCUT2D eigenvalue weighted by Gasteiger charge is -2.17. The Morgan fingerprint density at radius 1 is 1.36 bits per heavy atom. The number of benzene rings is 1. The highest BCUT2D eigenvalue weighted by atomic mass is 16.6. The van der Waals surface area contributed by atoms with Crippen LogP contribution in [0.3, 0.4) is 0 Å². The molecule has 1 fully saturated rings. The normalized spacial score (nSPS) is 20.5. The second-order valence-electron chi connectivity index (χ2n) is 5.42. The summed E-state index contributed by atoms with van der Waals surface area (Å²) < 4.78 is 16.0. The Bertz CT molecular complexity index is 626. The van der Waals surface area contributed by atoms with Gasteiger partial charge in [0.2, 0.25) is 0 Å². The molecule has 0 bridgehead atoms. The van der Waals surface area contributed by atoms with Gasteiger partial charge in [-0.25, -0.2) is 4.79 Å². The highest BCUT2D eigenvalue weighted by molar-refractivity contribution is 5.89. The Labute approximate surface area is 129 Å². The molecule has 1 aliphatic rings.